The van der Waals surface area contributed by atoms with E-state index in [1.54, 1.807) is 6.07 Å². The summed E-state index contributed by atoms with van der Waals surface area (Å²) in [6, 6.07) is 8.90. The number of carbonyl (C=O) groups excluding carboxylic acids is 2. The van der Waals surface area contributed by atoms with Gasteiger partial charge in [-0.15, -0.1) is 0 Å². The largest absolute Gasteiger partial charge is 0.455 e. The lowest BCUT2D eigenvalue weighted by molar-refractivity contribution is -0.152. The van der Waals surface area contributed by atoms with Gasteiger partial charge in [0.15, 0.2) is 6.61 Å². The maximum absolute atomic E-state index is 12.7. The molecule has 172 valence electrons. The molecule has 1 aromatic heterocycles. The van der Waals surface area contributed by atoms with Gasteiger partial charge < -0.3 is 10.1 Å². The molecular weight excluding hydrogens is 430 g/mol. The average Bonchev–Trinajstić information content (AvgIpc) is 2.79. The summed E-state index contributed by atoms with van der Waals surface area (Å²) >= 11 is 0. The van der Waals surface area contributed by atoms with E-state index in [9.17, 15) is 18.0 Å². The van der Waals surface area contributed by atoms with Crippen molar-refractivity contribution in [1.29, 1.82) is 0 Å². The molecule has 1 amide bonds. The monoisotopic (exact) mass is 459 g/mol. The van der Waals surface area contributed by atoms with Crippen LogP contribution in [0, 0.1) is 12.8 Å². The summed E-state index contributed by atoms with van der Waals surface area (Å²) in [5.74, 6) is -1.08. The van der Waals surface area contributed by atoms with Crippen molar-refractivity contribution in [2.45, 2.75) is 44.4 Å². The van der Waals surface area contributed by atoms with Gasteiger partial charge in [0, 0.05) is 31.2 Å². The van der Waals surface area contributed by atoms with Crippen LogP contribution in [0.15, 0.2) is 47.6 Å². The van der Waals surface area contributed by atoms with Crippen LogP contribution < -0.4 is 5.32 Å². The lowest BCUT2D eigenvalue weighted by Gasteiger charge is -2.30. The first-order valence-corrected chi connectivity index (χ1v) is 12.1. The Labute approximate surface area is 189 Å². The first-order chi connectivity index (χ1) is 15.2. The number of nitrogens with one attached hydrogen (secondary N) is 1. The van der Waals surface area contributed by atoms with Gasteiger partial charge in [-0.25, -0.2) is 8.42 Å². The Morgan fingerprint density at radius 2 is 1.91 bits per heavy atom. The molecule has 1 saturated heterocycles. The van der Waals surface area contributed by atoms with Crippen LogP contribution in [-0.2, 0) is 24.3 Å². The highest BCUT2D eigenvalue weighted by Gasteiger charge is 2.33. The zero-order chi connectivity index (χ0) is 23.3. The number of esters is 1. The zero-order valence-electron chi connectivity index (χ0n) is 18.6. The molecule has 1 fully saturated rings. The first kappa shape index (κ1) is 23.9. The molecule has 0 radical (unpaired) electrons. The number of pyridine rings is 1. The maximum Gasteiger partial charge on any atom is 0.309 e. The van der Waals surface area contributed by atoms with E-state index >= 15 is 0 Å². The molecule has 0 spiro atoms. The molecule has 3 rings (SSSR count). The molecule has 32 heavy (non-hydrogen) atoms. The fourth-order valence-electron chi connectivity index (χ4n) is 3.75. The van der Waals surface area contributed by atoms with E-state index in [4.69, 9.17) is 4.74 Å². The number of carbonyl (C=O) groups is 2. The second-order valence-corrected chi connectivity index (χ2v) is 10.2. The second-order valence-electron chi connectivity index (χ2n) is 8.22. The number of aromatic nitrogens is 1. The average molecular weight is 460 g/mol. The quantitative estimate of drug-likeness (QED) is 0.638. The smallest absolute Gasteiger partial charge is 0.309 e. The predicted octanol–water partition coefficient (Wildman–Crippen LogP) is 3.10. The third kappa shape index (κ3) is 5.52. The fraction of sp³-hybridized carbons (Fsp3) is 0.435. The number of ether oxygens (including phenoxy) is 1. The summed E-state index contributed by atoms with van der Waals surface area (Å²) in [5, 5.41) is 2.85. The van der Waals surface area contributed by atoms with Gasteiger partial charge in [0.1, 0.15) is 4.90 Å². The summed E-state index contributed by atoms with van der Waals surface area (Å²) in [6.07, 6.45) is 3.51. The van der Waals surface area contributed by atoms with E-state index in [1.807, 2.05) is 39.0 Å². The Kier molecular flexibility index (Phi) is 7.63. The van der Waals surface area contributed by atoms with Crippen molar-refractivity contribution in [2.75, 3.05) is 25.0 Å². The van der Waals surface area contributed by atoms with Crippen molar-refractivity contribution in [3.63, 3.8) is 0 Å². The first-order valence-electron chi connectivity index (χ1n) is 10.7. The van der Waals surface area contributed by atoms with Crippen LogP contribution in [-0.4, -0.2) is 49.3 Å². The second kappa shape index (κ2) is 10.2. The van der Waals surface area contributed by atoms with E-state index < -0.39 is 27.8 Å². The van der Waals surface area contributed by atoms with Gasteiger partial charge in [-0.3, -0.25) is 14.6 Å². The third-order valence-electron chi connectivity index (χ3n) is 5.60. The number of aryl methyl sites for hydroxylation is 1. The number of amides is 1. The topological polar surface area (TPSA) is 106 Å². The lowest BCUT2D eigenvalue weighted by Crippen LogP contribution is -2.41. The van der Waals surface area contributed by atoms with Crippen LogP contribution >= 0.6 is 0 Å². The Balaban J connectivity index is 1.51. The Morgan fingerprint density at radius 1 is 1.19 bits per heavy atom. The Morgan fingerprint density at radius 3 is 2.53 bits per heavy atom. The highest BCUT2D eigenvalue weighted by molar-refractivity contribution is 7.89. The number of anilines is 1. The van der Waals surface area contributed by atoms with Crippen LogP contribution in [0.25, 0.3) is 0 Å². The molecule has 1 N–H and O–H groups in total. The van der Waals surface area contributed by atoms with Crippen LogP contribution in [0.2, 0.25) is 0 Å². The Bertz CT molecular complexity index is 1060. The number of rotatable bonds is 7. The fourth-order valence-corrected chi connectivity index (χ4v) is 5.19. The molecule has 0 aliphatic carbocycles. The van der Waals surface area contributed by atoms with E-state index in [-0.39, 0.29) is 30.5 Å². The highest BCUT2D eigenvalue weighted by atomic mass is 32.2. The number of hydrogen-bond acceptors (Lipinski definition) is 6. The van der Waals surface area contributed by atoms with Crippen molar-refractivity contribution in [3.05, 3.63) is 53.9 Å². The molecule has 0 unspecified atom stereocenters. The molecule has 9 heteroatoms. The molecule has 0 atom stereocenters. The molecule has 0 saturated carbocycles. The summed E-state index contributed by atoms with van der Waals surface area (Å²) < 4.78 is 31.9. The third-order valence-corrected chi connectivity index (χ3v) is 7.48. The number of benzene rings is 1. The molecular formula is C23H29N3O5S. The Hall–Kier alpha value is -2.78. The molecule has 2 aromatic rings. The summed E-state index contributed by atoms with van der Waals surface area (Å²) in [4.78, 5) is 28.8. The minimum absolute atomic E-state index is 0.134. The van der Waals surface area contributed by atoms with Crippen LogP contribution in [0.3, 0.4) is 0 Å². The maximum atomic E-state index is 12.7. The highest BCUT2D eigenvalue weighted by Crippen LogP contribution is 2.27. The number of piperidine rings is 1. The molecule has 0 bridgehead atoms. The molecule has 1 aromatic carbocycles. The van der Waals surface area contributed by atoms with E-state index in [0.717, 1.165) is 16.8 Å². The van der Waals surface area contributed by atoms with Crippen LogP contribution in [0.4, 0.5) is 5.69 Å². The van der Waals surface area contributed by atoms with Crippen molar-refractivity contribution >= 4 is 27.6 Å². The predicted molar refractivity (Wildman–Crippen MR) is 121 cm³/mol. The summed E-state index contributed by atoms with van der Waals surface area (Å²) in [7, 11) is -3.63. The van der Waals surface area contributed by atoms with E-state index in [2.05, 4.69) is 10.3 Å². The minimum atomic E-state index is -3.63. The van der Waals surface area contributed by atoms with Gasteiger partial charge in [0.25, 0.3) is 5.91 Å². The normalized spacial score (nSPS) is 15.5. The standard InChI is InChI=1S/C23H29N3O5S/c1-16(2)20-8-4-6-17(3)22(20)25-21(27)15-31-23(28)18-9-12-26(13-10-18)32(29,30)19-7-5-11-24-14-19/h4-8,11,14,16,18H,9-10,12-13,15H2,1-3H3,(H,25,27). The van der Waals surface area contributed by atoms with Gasteiger partial charge in [-0.05, 0) is 48.9 Å². The van der Waals surface area contributed by atoms with Gasteiger partial charge in [0.2, 0.25) is 10.0 Å². The summed E-state index contributed by atoms with van der Waals surface area (Å²) in [6.45, 7) is 6.06. The molecule has 1 aliphatic heterocycles. The van der Waals surface area contributed by atoms with Crippen molar-refractivity contribution in [2.24, 2.45) is 5.92 Å². The van der Waals surface area contributed by atoms with E-state index in [1.165, 1.54) is 22.8 Å². The molecule has 1 aliphatic rings. The number of hydrogen-bond donors (Lipinski definition) is 1. The zero-order valence-corrected chi connectivity index (χ0v) is 19.4. The number of sulfonamides is 1. The molecule has 2 heterocycles. The van der Waals surface area contributed by atoms with Crippen LogP contribution in [0.5, 0.6) is 0 Å². The van der Waals surface area contributed by atoms with Crippen molar-refractivity contribution in [1.82, 2.24) is 9.29 Å². The summed E-state index contributed by atoms with van der Waals surface area (Å²) in [5.41, 5.74) is 2.71. The van der Waals surface area contributed by atoms with Gasteiger partial charge >= 0.3 is 5.97 Å². The van der Waals surface area contributed by atoms with Gasteiger partial charge in [-0.2, -0.15) is 4.31 Å². The van der Waals surface area contributed by atoms with Crippen molar-refractivity contribution in [3.8, 4) is 0 Å². The number of para-hydroxylation sites is 1. The van der Waals surface area contributed by atoms with Crippen molar-refractivity contribution < 1.29 is 22.7 Å². The number of nitrogens with zero attached hydrogens (tertiary/aromatic N) is 2. The van der Waals surface area contributed by atoms with Gasteiger partial charge in [0.05, 0.1) is 5.92 Å². The minimum Gasteiger partial charge on any atom is -0.455 e. The van der Waals surface area contributed by atoms with Crippen LogP contribution in [0.1, 0.15) is 43.7 Å². The van der Waals surface area contributed by atoms with E-state index in [0.29, 0.717) is 12.8 Å². The van der Waals surface area contributed by atoms with Gasteiger partial charge in [-0.1, -0.05) is 32.0 Å². The SMILES string of the molecule is Cc1cccc(C(C)C)c1NC(=O)COC(=O)C1CCN(S(=O)(=O)c2cccnc2)CC1. The molecule has 8 nitrogen and oxygen atoms in total. The lowest BCUT2D eigenvalue weighted by atomic mass is 9.98.